The lowest BCUT2D eigenvalue weighted by Crippen LogP contribution is -2.17. The van der Waals surface area contributed by atoms with Crippen molar-refractivity contribution in [3.05, 3.63) is 0 Å². The number of thioether (sulfide) groups is 1. The second-order valence-corrected chi connectivity index (χ2v) is 3.25. The van der Waals surface area contributed by atoms with Crippen LogP contribution in [0.4, 0.5) is 0 Å². The molecule has 0 unspecified atom stereocenters. The van der Waals surface area contributed by atoms with Gasteiger partial charge in [0.25, 0.3) is 0 Å². The maximum absolute atomic E-state index is 10.9. The van der Waals surface area contributed by atoms with E-state index >= 15 is 0 Å². The minimum atomic E-state index is -0.251. The van der Waals surface area contributed by atoms with Crippen molar-refractivity contribution in [1.82, 2.24) is 0 Å². The Morgan fingerprint density at radius 2 is 2.00 bits per heavy atom. The quantitative estimate of drug-likeness (QED) is 0.459. The maximum Gasteiger partial charge on any atom is 0.315 e. The first kappa shape index (κ1) is 12.7. The van der Waals surface area contributed by atoms with Crippen molar-refractivity contribution in [2.45, 2.75) is 13.2 Å². The van der Waals surface area contributed by atoms with Crippen LogP contribution < -0.4 is 0 Å². The maximum atomic E-state index is 10.9. The van der Waals surface area contributed by atoms with Crippen LogP contribution in [0, 0.1) is 0 Å². The van der Waals surface area contributed by atoms with Crippen molar-refractivity contribution in [2.75, 3.05) is 32.3 Å². The van der Waals surface area contributed by atoms with Crippen molar-refractivity contribution in [3.63, 3.8) is 0 Å². The predicted molar refractivity (Wildman–Crippen MR) is 51.8 cm³/mol. The zero-order valence-corrected chi connectivity index (χ0v) is 9.06. The highest BCUT2D eigenvalue weighted by Crippen LogP contribution is 2.06. The van der Waals surface area contributed by atoms with Gasteiger partial charge in [-0.2, -0.15) is 0 Å². The van der Waals surface area contributed by atoms with Crippen LogP contribution in [0.25, 0.3) is 0 Å². The molecule has 0 bridgehead atoms. The molecule has 0 aliphatic carbocycles. The van der Waals surface area contributed by atoms with Crippen LogP contribution in [0.5, 0.6) is 0 Å². The minimum absolute atomic E-state index is 0.196. The van der Waals surface area contributed by atoms with Crippen molar-refractivity contribution in [3.8, 4) is 0 Å². The van der Waals surface area contributed by atoms with E-state index in [1.807, 2.05) is 0 Å². The molecule has 0 fully saturated rings. The van der Waals surface area contributed by atoms with Gasteiger partial charge < -0.3 is 14.2 Å². The Kier molecular flexibility index (Phi) is 8.18. The van der Waals surface area contributed by atoms with Gasteiger partial charge in [-0.1, -0.05) is 0 Å². The summed E-state index contributed by atoms with van der Waals surface area (Å²) in [5.41, 5.74) is 0. The monoisotopic (exact) mass is 208 g/mol. The lowest BCUT2D eigenvalue weighted by molar-refractivity contribution is -0.139. The Hall–Kier alpha value is -0.260. The molecule has 0 aromatic rings. The first-order valence-corrected chi connectivity index (χ1v) is 5.19. The molecular formula is C8H16O4S. The molecule has 0 aliphatic rings. The highest BCUT2D eigenvalue weighted by Gasteiger charge is 2.07. The Morgan fingerprint density at radius 1 is 1.38 bits per heavy atom. The van der Waals surface area contributed by atoms with Crippen LogP contribution in [0.2, 0.25) is 0 Å². The van der Waals surface area contributed by atoms with Gasteiger partial charge in [0.05, 0.1) is 12.4 Å². The summed E-state index contributed by atoms with van der Waals surface area (Å²) in [6.07, 6.45) is -0.251. The van der Waals surface area contributed by atoms with Gasteiger partial charge in [0.2, 0.25) is 0 Å². The average Bonchev–Trinajstić information content (AvgIpc) is 2.13. The summed E-state index contributed by atoms with van der Waals surface area (Å²) in [7, 11) is 3.14. The number of carbonyl (C=O) groups excluding carboxylic acids is 1. The normalized spacial score (nSPS) is 10.5. The second kappa shape index (κ2) is 8.34. The van der Waals surface area contributed by atoms with Crippen LogP contribution in [-0.4, -0.2) is 44.6 Å². The number of carbonyl (C=O) groups is 1. The van der Waals surface area contributed by atoms with Gasteiger partial charge in [-0.05, 0) is 6.92 Å². The molecule has 0 rings (SSSR count). The van der Waals surface area contributed by atoms with E-state index in [9.17, 15) is 4.79 Å². The molecule has 0 radical (unpaired) electrons. The van der Waals surface area contributed by atoms with Crippen molar-refractivity contribution < 1.29 is 19.0 Å². The van der Waals surface area contributed by atoms with Gasteiger partial charge in [-0.25, -0.2) is 0 Å². The van der Waals surface area contributed by atoms with Gasteiger partial charge in [0.1, 0.15) is 0 Å². The smallest absolute Gasteiger partial charge is 0.315 e. The molecule has 0 atom stereocenters. The van der Waals surface area contributed by atoms with E-state index < -0.39 is 0 Å². The van der Waals surface area contributed by atoms with E-state index in [0.29, 0.717) is 18.1 Å². The lowest BCUT2D eigenvalue weighted by Gasteiger charge is -2.11. The molecule has 78 valence electrons. The predicted octanol–water partition coefficient (Wildman–Crippen LogP) is 0.902. The summed E-state index contributed by atoms with van der Waals surface area (Å²) >= 11 is 1.43. The zero-order chi connectivity index (χ0) is 10.1. The molecule has 0 amide bonds. The Bertz CT molecular complexity index is 136. The van der Waals surface area contributed by atoms with Crippen LogP contribution in [0.3, 0.4) is 0 Å². The fraction of sp³-hybridized carbons (Fsp3) is 0.875. The number of esters is 1. The van der Waals surface area contributed by atoms with Gasteiger partial charge >= 0.3 is 5.97 Å². The molecule has 0 N–H and O–H groups in total. The summed E-state index contributed by atoms with van der Waals surface area (Å²) in [6, 6.07) is 0. The lowest BCUT2D eigenvalue weighted by atomic mass is 10.7. The average molecular weight is 208 g/mol. The van der Waals surface area contributed by atoms with Gasteiger partial charge in [-0.15, -0.1) is 11.8 Å². The van der Waals surface area contributed by atoms with Gasteiger partial charge in [-0.3, -0.25) is 4.79 Å². The van der Waals surface area contributed by atoms with Crippen LogP contribution in [0.15, 0.2) is 0 Å². The summed E-state index contributed by atoms with van der Waals surface area (Å²) in [5, 5.41) is 0. The largest absolute Gasteiger partial charge is 0.465 e. The summed E-state index contributed by atoms with van der Waals surface area (Å²) in [4.78, 5) is 10.9. The molecule has 0 saturated heterocycles. The minimum Gasteiger partial charge on any atom is -0.465 e. The first-order valence-electron chi connectivity index (χ1n) is 4.03. The first-order chi connectivity index (χ1) is 6.24. The summed E-state index contributed by atoms with van der Waals surface area (Å²) in [6.45, 7) is 2.22. The van der Waals surface area contributed by atoms with Crippen molar-refractivity contribution in [1.29, 1.82) is 0 Å². The fourth-order valence-corrected chi connectivity index (χ4v) is 1.51. The summed E-state index contributed by atoms with van der Waals surface area (Å²) < 4.78 is 14.6. The van der Waals surface area contributed by atoms with Crippen LogP contribution in [-0.2, 0) is 19.0 Å². The van der Waals surface area contributed by atoms with Crippen LogP contribution >= 0.6 is 11.8 Å². The van der Waals surface area contributed by atoms with E-state index in [1.165, 1.54) is 11.8 Å². The number of hydrogen-bond donors (Lipinski definition) is 0. The van der Waals surface area contributed by atoms with Crippen LogP contribution in [0.1, 0.15) is 6.92 Å². The standard InChI is InChI=1S/C8H16O4S/c1-4-12-7(9)5-13-6-8(10-2)11-3/h8H,4-6H2,1-3H3. The van der Waals surface area contributed by atoms with Gasteiger partial charge in [0, 0.05) is 20.0 Å². The molecule has 4 nitrogen and oxygen atoms in total. The molecule has 0 spiro atoms. The number of ether oxygens (including phenoxy) is 3. The number of rotatable bonds is 7. The zero-order valence-electron chi connectivity index (χ0n) is 8.24. The SMILES string of the molecule is CCOC(=O)CSCC(OC)OC. The third-order valence-electron chi connectivity index (χ3n) is 1.30. The third-order valence-corrected chi connectivity index (χ3v) is 2.25. The number of methoxy groups -OCH3 is 2. The molecule has 0 aromatic heterocycles. The fourth-order valence-electron chi connectivity index (χ4n) is 0.673. The van der Waals surface area contributed by atoms with Crippen molar-refractivity contribution >= 4 is 17.7 Å². The highest BCUT2D eigenvalue weighted by molar-refractivity contribution is 7.99. The molecule has 0 aromatic carbocycles. The molecule has 0 heterocycles. The van der Waals surface area contributed by atoms with E-state index in [0.717, 1.165) is 0 Å². The Morgan fingerprint density at radius 3 is 2.46 bits per heavy atom. The number of hydrogen-bond acceptors (Lipinski definition) is 5. The Balaban J connectivity index is 3.37. The highest BCUT2D eigenvalue weighted by atomic mass is 32.2. The molecule has 0 aliphatic heterocycles. The van der Waals surface area contributed by atoms with Crippen molar-refractivity contribution in [2.24, 2.45) is 0 Å². The topological polar surface area (TPSA) is 44.8 Å². The summed E-state index contributed by atoms with van der Waals surface area (Å²) in [5.74, 6) is 0.779. The third kappa shape index (κ3) is 6.86. The molecule has 5 heteroatoms. The van der Waals surface area contributed by atoms with E-state index in [2.05, 4.69) is 0 Å². The molecule has 0 saturated carbocycles. The molecular weight excluding hydrogens is 192 g/mol. The van der Waals surface area contributed by atoms with Gasteiger partial charge in [0.15, 0.2) is 6.29 Å². The van der Waals surface area contributed by atoms with E-state index in [1.54, 1.807) is 21.1 Å². The van der Waals surface area contributed by atoms with E-state index in [4.69, 9.17) is 14.2 Å². The Labute approximate surface area is 82.9 Å². The molecule has 13 heavy (non-hydrogen) atoms. The van der Waals surface area contributed by atoms with E-state index in [-0.39, 0.29) is 12.3 Å². The second-order valence-electron chi connectivity index (χ2n) is 2.22.